The lowest BCUT2D eigenvalue weighted by Gasteiger charge is -2.37. The van der Waals surface area contributed by atoms with E-state index in [4.69, 9.17) is 32.7 Å². The highest BCUT2D eigenvalue weighted by atomic mass is 35.5. The Hall–Kier alpha value is -3.01. The number of nitrogens with zero attached hydrogens (tertiary/aromatic N) is 1. The summed E-state index contributed by atoms with van der Waals surface area (Å²) in [5.41, 5.74) is -4.18. The number of aromatic nitrogens is 1. The summed E-state index contributed by atoms with van der Waals surface area (Å²) in [7, 11) is 1.31. The number of hydrogen-bond donors (Lipinski definition) is 1. The molecule has 0 aliphatic rings. The summed E-state index contributed by atoms with van der Waals surface area (Å²) in [6.07, 6.45) is -4.13. The van der Waals surface area contributed by atoms with Crippen LogP contribution in [0.4, 0.5) is 13.2 Å². The molecule has 0 saturated carbocycles. The van der Waals surface area contributed by atoms with Crippen LogP contribution < -0.4 is 10.3 Å². The number of ether oxygens (including phenoxy) is 2. The summed E-state index contributed by atoms with van der Waals surface area (Å²) < 4.78 is 54.6. The standard InChI is InChI=1S/C26H24Cl2F3NO5/c1-5-36-24(34)20-11-17(7-9-21(20)27)37-18-6-8-19(22(28)12-18)15(3)25(35,26(29,30)31)16-10-14(2)23(33)32(4)13-16/h6-13,15,35H,5H2,1-4H3/t15-,25-/m0/s1. The van der Waals surface area contributed by atoms with Crippen LogP contribution in [-0.4, -0.2) is 28.4 Å². The van der Waals surface area contributed by atoms with Crippen molar-refractivity contribution in [3.8, 4) is 11.5 Å². The van der Waals surface area contributed by atoms with Crippen molar-refractivity contribution in [2.24, 2.45) is 7.05 Å². The third-order valence-corrected chi connectivity index (χ3v) is 6.63. The van der Waals surface area contributed by atoms with E-state index in [0.29, 0.717) is 0 Å². The Morgan fingerprint density at radius 1 is 1.08 bits per heavy atom. The minimum Gasteiger partial charge on any atom is -0.462 e. The number of hydrogen-bond acceptors (Lipinski definition) is 5. The maximum atomic E-state index is 14.3. The van der Waals surface area contributed by atoms with Crippen LogP contribution in [0.2, 0.25) is 10.0 Å². The van der Waals surface area contributed by atoms with Crippen molar-refractivity contribution in [3.05, 3.63) is 91.3 Å². The number of aryl methyl sites for hydroxylation is 2. The van der Waals surface area contributed by atoms with E-state index in [1.54, 1.807) is 6.92 Å². The topological polar surface area (TPSA) is 77.8 Å². The van der Waals surface area contributed by atoms with Gasteiger partial charge in [-0.25, -0.2) is 4.79 Å². The second-order valence-corrected chi connectivity index (χ2v) is 9.28. The average molecular weight is 558 g/mol. The van der Waals surface area contributed by atoms with E-state index in [1.807, 2.05) is 0 Å². The monoisotopic (exact) mass is 557 g/mol. The molecule has 3 aromatic rings. The first-order chi connectivity index (χ1) is 17.2. The zero-order valence-electron chi connectivity index (χ0n) is 20.3. The summed E-state index contributed by atoms with van der Waals surface area (Å²) in [6, 6.07) is 9.35. The summed E-state index contributed by atoms with van der Waals surface area (Å²) >= 11 is 12.4. The second-order valence-electron chi connectivity index (χ2n) is 8.46. The average Bonchev–Trinajstić information content (AvgIpc) is 2.82. The number of carbonyl (C=O) groups is 1. The molecule has 1 heterocycles. The van der Waals surface area contributed by atoms with E-state index < -0.39 is 34.8 Å². The van der Waals surface area contributed by atoms with Crippen molar-refractivity contribution in [2.75, 3.05) is 6.61 Å². The van der Waals surface area contributed by atoms with Crippen molar-refractivity contribution in [1.82, 2.24) is 4.57 Å². The molecule has 37 heavy (non-hydrogen) atoms. The van der Waals surface area contributed by atoms with Gasteiger partial charge in [0, 0.05) is 35.3 Å². The molecule has 0 bridgehead atoms. The highest BCUT2D eigenvalue weighted by molar-refractivity contribution is 6.33. The molecule has 0 fully saturated rings. The number of alkyl halides is 3. The Morgan fingerprint density at radius 2 is 1.70 bits per heavy atom. The summed E-state index contributed by atoms with van der Waals surface area (Å²) in [5.74, 6) is -1.81. The second kappa shape index (κ2) is 10.8. The number of aliphatic hydroxyl groups is 1. The smallest absolute Gasteiger partial charge is 0.422 e. The molecular weight excluding hydrogens is 534 g/mol. The van der Waals surface area contributed by atoms with Crippen LogP contribution in [0.25, 0.3) is 0 Å². The number of benzene rings is 2. The van der Waals surface area contributed by atoms with Crippen LogP contribution in [0.15, 0.2) is 53.5 Å². The van der Waals surface area contributed by atoms with Crippen molar-refractivity contribution in [3.63, 3.8) is 0 Å². The molecule has 0 aliphatic carbocycles. The molecule has 0 aliphatic heterocycles. The number of carbonyl (C=O) groups excluding carboxylic acids is 1. The van der Waals surface area contributed by atoms with Gasteiger partial charge >= 0.3 is 12.1 Å². The summed E-state index contributed by atoms with van der Waals surface area (Å²) in [4.78, 5) is 24.1. The van der Waals surface area contributed by atoms with Crippen molar-refractivity contribution >= 4 is 29.2 Å². The molecule has 0 unspecified atom stereocenters. The fraction of sp³-hybridized carbons (Fsp3) is 0.308. The molecule has 2 atom stereocenters. The van der Waals surface area contributed by atoms with Crippen molar-refractivity contribution in [2.45, 2.75) is 38.5 Å². The Morgan fingerprint density at radius 3 is 2.27 bits per heavy atom. The van der Waals surface area contributed by atoms with Crippen LogP contribution in [0.1, 0.15) is 46.8 Å². The predicted molar refractivity (Wildman–Crippen MR) is 134 cm³/mol. The van der Waals surface area contributed by atoms with Crippen molar-refractivity contribution in [1.29, 1.82) is 0 Å². The molecule has 0 radical (unpaired) electrons. The fourth-order valence-electron chi connectivity index (χ4n) is 3.96. The molecule has 0 amide bonds. The first kappa shape index (κ1) is 28.6. The Bertz CT molecular complexity index is 1360. The largest absolute Gasteiger partial charge is 0.462 e. The lowest BCUT2D eigenvalue weighted by Crippen LogP contribution is -2.47. The van der Waals surface area contributed by atoms with Gasteiger partial charge in [0.05, 0.1) is 17.2 Å². The predicted octanol–water partition coefficient (Wildman–Crippen LogP) is 6.52. The maximum absolute atomic E-state index is 14.3. The van der Waals surface area contributed by atoms with Gasteiger partial charge in [-0.05, 0) is 55.8 Å². The van der Waals surface area contributed by atoms with Gasteiger partial charge in [-0.1, -0.05) is 36.2 Å². The lowest BCUT2D eigenvalue weighted by molar-refractivity contribution is -0.274. The highest BCUT2D eigenvalue weighted by Gasteiger charge is 2.59. The van der Waals surface area contributed by atoms with Crippen LogP contribution in [0.5, 0.6) is 11.5 Å². The van der Waals surface area contributed by atoms with E-state index in [1.165, 1.54) is 57.3 Å². The van der Waals surface area contributed by atoms with Crippen LogP contribution >= 0.6 is 23.2 Å². The molecule has 1 N–H and O–H groups in total. The Labute approximate surface area is 221 Å². The zero-order valence-corrected chi connectivity index (χ0v) is 21.8. The van der Waals surface area contributed by atoms with E-state index in [2.05, 4.69) is 0 Å². The minimum atomic E-state index is -5.10. The molecular formula is C26H24Cl2F3NO5. The minimum absolute atomic E-state index is 0.00339. The number of rotatable bonds is 7. The van der Waals surface area contributed by atoms with Crippen LogP contribution in [0.3, 0.4) is 0 Å². The van der Waals surface area contributed by atoms with Crippen molar-refractivity contribution < 1.29 is 32.5 Å². The fourth-order valence-corrected chi connectivity index (χ4v) is 4.49. The van der Waals surface area contributed by atoms with Gasteiger partial charge in [0.15, 0.2) is 5.60 Å². The molecule has 11 heteroatoms. The van der Waals surface area contributed by atoms with Crippen LogP contribution in [0, 0.1) is 6.92 Å². The Balaban J connectivity index is 1.98. The van der Waals surface area contributed by atoms with Gasteiger partial charge in [0.2, 0.25) is 0 Å². The molecule has 1 aromatic heterocycles. The molecule has 2 aromatic carbocycles. The van der Waals surface area contributed by atoms with Gasteiger partial charge in [0.25, 0.3) is 5.56 Å². The molecule has 3 rings (SSSR count). The van der Waals surface area contributed by atoms with Gasteiger partial charge < -0.3 is 19.1 Å². The van der Waals surface area contributed by atoms with E-state index in [0.717, 1.165) is 16.8 Å². The zero-order chi connectivity index (χ0) is 27.7. The molecule has 0 spiro atoms. The van der Waals surface area contributed by atoms with E-state index >= 15 is 0 Å². The number of halogens is 5. The SMILES string of the molecule is CCOC(=O)c1cc(Oc2ccc([C@H](C)[C@](O)(c3cc(C)c(=O)n(C)c3)C(F)(F)F)c(Cl)c2)ccc1Cl. The third kappa shape index (κ3) is 5.63. The van der Waals surface area contributed by atoms with Gasteiger partial charge in [0.1, 0.15) is 11.5 Å². The highest BCUT2D eigenvalue weighted by Crippen LogP contribution is 2.50. The van der Waals surface area contributed by atoms with E-state index in [9.17, 15) is 27.9 Å². The van der Waals surface area contributed by atoms with Gasteiger partial charge in [-0.15, -0.1) is 0 Å². The third-order valence-electron chi connectivity index (χ3n) is 5.97. The number of esters is 1. The summed E-state index contributed by atoms with van der Waals surface area (Å²) in [6.45, 7) is 4.37. The number of pyridine rings is 1. The first-order valence-electron chi connectivity index (χ1n) is 11.1. The lowest BCUT2D eigenvalue weighted by atomic mass is 9.78. The molecule has 198 valence electrons. The Kier molecular flexibility index (Phi) is 8.31. The normalized spacial score (nSPS) is 14.1. The summed E-state index contributed by atoms with van der Waals surface area (Å²) in [5, 5.41) is 11.1. The van der Waals surface area contributed by atoms with Gasteiger partial charge in [-0.2, -0.15) is 13.2 Å². The quantitative estimate of drug-likeness (QED) is 0.334. The van der Waals surface area contributed by atoms with E-state index in [-0.39, 0.29) is 44.8 Å². The molecule has 0 saturated heterocycles. The van der Waals surface area contributed by atoms with Gasteiger partial charge in [-0.3, -0.25) is 4.79 Å². The first-order valence-corrected chi connectivity index (χ1v) is 11.9. The molecule has 6 nitrogen and oxygen atoms in total. The van der Waals surface area contributed by atoms with Crippen LogP contribution in [-0.2, 0) is 17.4 Å². The maximum Gasteiger partial charge on any atom is 0.422 e.